The molecule has 0 fully saturated rings. The Labute approximate surface area is 125 Å². The van der Waals surface area contributed by atoms with Gasteiger partial charge in [0.15, 0.2) is 0 Å². The molecule has 0 aliphatic rings. The minimum atomic E-state index is 0.571. The summed E-state index contributed by atoms with van der Waals surface area (Å²) in [5.74, 6) is 0.571. The van der Waals surface area contributed by atoms with Gasteiger partial charge in [-0.3, -0.25) is 9.98 Å². The van der Waals surface area contributed by atoms with Crippen molar-refractivity contribution in [1.82, 2.24) is 0 Å². The number of hydrogen-bond acceptors (Lipinski definition) is 2. The first-order valence-electron chi connectivity index (χ1n) is 7.79. The maximum absolute atomic E-state index is 4.90. The Hall–Kier alpha value is -1.18. The maximum Gasteiger partial charge on any atom is 0.0437 e. The van der Waals surface area contributed by atoms with Crippen LogP contribution in [0.2, 0.25) is 0 Å². The highest BCUT2D eigenvalue weighted by Gasteiger charge is 2.13. The van der Waals surface area contributed by atoms with Crippen molar-refractivity contribution in [2.75, 3.05) is 7.05 Å². The molecular weight excluding hydrogens is 244 g/mol. The Morgan fingerprint density at radius 3 is 1.95 bits per heavy atom. The van der Waals surface area contributed by atoms with Crippen LogP contribution in [0.4, 0.5) is 0 Å². The van der Waals surface area contributed by atoms with E-state index in [0.717, 1.165) is 11.3 Å². The molecule has 0 heterocycles. The van der Waals surface area contributed by atoms with Gasteiger partial charge < -0.3 is 0 Å². The molecule has 0 aliphatic carbocycles. The van der Waals surface area contributed by atoms with Gasteiger partial charge in [-0.25, -0.2) is 0 Å². The van der Waals surface area contributed by atoms with Crippen LogP contribution in [0.25, 0.3) is 0 Å². The Balaban J connectivity index is 5.53. The summed E-state index contributed by atoms with van der Waals surface area (Å²) in [6.45, 7) is 12.9. The summed E-state index contributed by atoms with van der Waals surface area (Å²) in [5, 5.41) is 0. The molecule has 0 unspecified atom stereocenters. The molecule has 0 saturated carbocycles. The van der Waals surface area contributed by atoms with Gasteiger partial charge in [-0.15, -0.1) is 0 Å². The van der Waals surface area contributed by atoms with Crippen LogP contribution in [0.15, 0.2) is 32.9 Å². The SMILES string of the molecule is CCCC(CCC)C(C=C(C)C)=N/C(C)=C(\C)C=NC. The maximum atomic E-state index is 4.90. The first-order chi connectivity index (χ1) is 9.46. The van der Waals surface area contributed by atoms with Crippen LogP contribution < -0.4 is 0 Å². The molecule has 0 atom stereocenters. The van der Waals surface area contributed by atoms with Gasteiger partial charge in [0.2, 0.25) is 0 Å². The van der Waals surface area contributed by atoms with E-state index in [4.69, 9.17) is 4.99 Å². The molecule has 0 saturated heterocycles. The fraction of sp³-hybridized carbons (Fsp3) is 0.667. The second-order valence-electron chi connectivity index (χ2n) is 5.69. The van der Waals surface area contributed by atoms with Gasteiger partial charge in [-0.1, -0.05) is 32.3 Å². The van der Waals surface area contributed by atoms with Crippen molar-refractivity contribution in [1.29, 1.82) is 0 Å². The summed E-state index contributed by atoms with van der Waals surface area (Å²) in [4.78, 5) is 8.98. The first-order valence-corrected chi connectivity index (χ1v) is 7.79. The third-order valence-electron chi connectivity index (χ3n) is 3.32. The van der Waals surface area contributed by atoms with E-state index in [1.54, 1.807) is 7.05 Å². The average Bonchev–Trinajstić information content (AvgIpc) is 2.37. The minimum Gasteiger partial charge on any atom is -0.296 e. The van der Waals surface area contributed by atoms with E-state index in [-0.39, 0.29) is 0 Å². The Bertz CT molecular complexity index is 388. The van der Waals surface area contributed by atoms with Gasteiger partial charge in [0.05, 0.1) is 0 Å². The molecule has 0 radical (unpaired) electrons. The van der Waals surface area contributed by atoms with E-state index in [1.165, 1.54) is 37.0 Å². The number of nitrogens with zero attached hydrogens (tertiary/aromatic N) is 2. The zero-order valence-corrected chi connectivity index (χ0v) is 14.5. The Kier molecular flexibility index (Phi) is 9.96. The molecule has 0 bridgehead atoms. The largest absolute Gasteiger partial charge is 0.296 e. The normalized spacial score (nSPS) is 13.9. The second kappa shape index (κ2) is 10.6. The third kappa shape index (κ3) is 7.42. The van der Waals surface area contributed by atoms with Gasteiger partial charge in [-0.05, 0) is 52.2 Å². The zero-order valence-electron chi connectivity index (χ0n) is 14.5. The van der Waals surface area contributed by atoms with Crippen molar-refractivity contribution < 1.29 is 0 Å². The predicted molar refractivity (Wildman–Crippen MR) is 93.0 cm³/mol. The van der Waals surface area contributed by atoms with Crippen molar-refractivity contribution in [2.24, 2.45) is 15.9 Å². The molecule has 114 valence electrons. The molecule has 2 nitrogen and oxygen atoms in total. The molecule has 20 heavy (non-hydrogen) atoms. The molecule has 2 heteroatoms. The summed E-state index contributed by atoms with van der Waals surface area (Å²) in [5.41, 5.74) is 4.75. The van der Waals surface area contributed by atoms with Crippen molar-refractivity contribution in [3.8, 4) is 0 Å². The van der Waals surface area contributed by atoms with Crippen LogP contribution >= 0.6 is 0 Å². The zero-order chi connectivity index (χ0) is 15.5. The highest BCUT2D eigenvalue weighted by molar-refractivity contribution is 5.98. The molecule has 0 aliphatic heterocycles. The highest BCUT2D eigenvalue weighted by Crippen LogP contribution is 2.19. The molecule has 0 aromatic carbocycles. The van der Waals surface area contributed by atoms with Crippen LogP contribution in [0.3, 0.4) is 0 Å². The van der Waals surface area contributed by atoms with Crippen molar-refractivity contribution in [2.45, 2.75) is 67.2 Å². The van der Waals surface area contributed by atoms with Crippen molar-refractivity contribution in [3.63, 3.8) is 0 Å². The minimum absolute atomic E-state index is 0.571. The lowest BCUT2D eigenvalue weighted by atomic mass is 9.91. The third-order valence-corrected chi connectivity index (χ3v) is 3.32. The fourth-order valence-corrected chi connectivity index (χ4v) is 2.24. The van der Waals surface area contributed by atoms with Gasteiger partial charge in [0.1, 0.15) is 0 Å². The lowest BCUT2D eigenvalue weighted by Gasteiger charge is -2.17. The predicted octanol–water partition coefficient (Wildman–Crippen LogP) is 5.60. The van der Waals surface area contributed by atoms with Gasteiger partial charge in [-0.2, -0.15) is 0 Å². The number of allylic oxidation sites excluding steroid dienone is 4. The molecular formula is C18H32N2. The summed E-state index contributed by atoms with van der Waals surface area (Å²) < 4.78 is 0. The number of hydrogen-bond donors (Lipinski definition) is 0. The first kappa shape index (κ1) is 18.8. The molecule has 0 N–H and O–H groups in total. The van der Waals surface area contributed by atoms with E-state index in [1.807, 2.05) is 6.21 Å². The molecule has 0 aromatic heterocycles. The molecule has 0 spiro atoms. The van der Waals surface area contributed by atoms with Gasteiger partial charge in [0, 0.05) is 30.6 Å². The Morgan fingerprint density at radius 1 is 1.00 bits per heavy atom. The van der Waals surface area contributed by atoms with E-state index < -0.39 is 0 Å². The summed E-state index contributed by atoms with van der Waals surface area (Å²) in [7, 11) is 1.80. The van der Waals surface area contributed by atoms with Crippen LogP contribution in [0.5, 0.6) is 0 Å². The monoisotopic (exact) mass is 276 g/mol. The summed E-state index contributed by atoms with van der Waals surface area (Å²) in [6.07, 6.45) is 8.97. The van der Waals surface area contributed by atoms with Crippen LogP contribution in [-0.2, 0) is 0 Å². The average molecular weight is 276 g/mol. The summed E-state index contributed by atoms with van der Waals surface area (Å²) in [6, 6.07) is 0. The lowest BCUT2D eigenvalue weighted by Crippen LogP contribution is -2.13. The van der Waals surface area contributed by atoms with Crippen molar-refractivity contribution in [3.05, 3.63) is 22.9 Å². The fourth-order valence-electron chi connectivity index (χ4n) is 2.24. The standard InChI is InChI=1S/C18H32N2/c1-8-10-17(11-9-2)18(12-14(3)4)20-16(6)15(5)13-19-7/h12-13,17H,8-11H2,1-7H3/b16-15+,19-13?,20-18?. The Morgan fingerprint density at radius 2 is 1.55 bits per heavy atom. The van der Waals surface area contributed by atoms with Crippen LogP contribution in [0, 0.1) is 5.92 Å². The molecule has 0 rings (SSSR count). The lowest BCUT2D eigenvalue weighted by molar-refractivity contribution is 0.559. The summed E-state index contributed by atoms with van der Waals surface area (Å²) >= 11 is 0. The topological polar surface area (TPSA) is 24.7 Å². The van der Waals surface area contributed by atoms with Gasteiger partial charge in [0.25, 0.3) is 0 Å². The molecule has 0 aromatic rings. The van der Waals surface area contributed by atoms with Crippen molar-refractivity contribution >= 4 is 11.9 Å². The van der Waals surface area contributed by atoms with Crippen LogP contribution in [0.1, 0.15) is 67.2 Å². The highest BCUT2D eigenvalue weighted by atomic mass is 14.8. The van der Waals surface area contributed by atoms with Gasteiger partial charge >= 0.3 is 0 Å². The smallest absolute Gasteiger partial charge is 0.0437 e. The molecule has 0 amide bonds. The van der Waals surface area contributed by atoms with E-state index in [2.05, 4.69) is 52.6 Å². The quantitative estimate of drug-likeness (QED) is 0.515. The second-order valence-corrected chi connectivity index (χ2v) is 5.69. The van der Waals surface area contributed by atoms with Crippen LogP contribution in [-0.4, -0.2) is 19.0 Å². The van der Waals surface area contributed by atoms with E-state index >= 15 is 0 Å². The van der Waals surface area contributed by atoms with E-state index in [0.29, 0.717) is 5.92 Å². The van der Waals surface area contributed by atoms with E-state index in [9.17, 15) is 0 Å². The number of rotatable bonds is 8. The number of aliphatic imine (C=N–C) groups is 2.